The molecule has 0 saturated carbocycles. The summed E-state index contributed by atoms with van der Waals surface area (Å²) in [7, 11) is 0. The van der Waals surface area contributed by atoms with Crippen molar-refractivity contribution in [1.82, 2.24) is 4.90 Å². The lowest BCUT2D eigenvalue weighted by Gasteiger charge is -2.14. The first-order valence-corrected chi connectivity index (χ1v) is 8.22. The summed E-state index contributed by atoms with van der Waals surface area (Å²) in [5.74, 6) is 1.46. The summed E-state index contributed by atoms with van der Waals surface area (Å²) >= 11 is 6.66. The van der Waals surface area contributed by atoms with E-state index in [0.29, 0.717) is 21.5 Å². The molecular formula is C17H15NO2S2. The van der Waals surface area contributed by atoms with Crippen molar-refractivity contribution in [3.05, 3.63) is 64.5 Å². The summed E-state index contributed by atoms with van der Waals surface area (Å²) < 4.78 is 6.10. The van der Waals surface area contributed by atoms with Gasteiger partial charge in [0.25, 0.3) is 5.91 Å². The number of thioether (sulfide) groups is 1. The minimum atomic E-state index is -0.0417. The fraction of sp³-hybridized carbons (Fsp3) is 0.176. The highest BCUT2D eigenvalue weighted by atomic mass is 32.2. The Kier molecular flexibility index (Phi) is 4.45. The number of rotatable bonds is 4. The summed E-state index contributed by atoms with van der Waals surface area (Å²) in [6.07, 6.45) is 2.55. The van der Waals surface area contributed by atoms with E-state index in [-0.39, 0.29) is 5.91 Å². The smallest absolute Gasteiger partial charge is 0.266 e. The van der Waals surface area contributed by atoms with Crippen LogP contribution < -0.4 is 0 Å². The highest BCUT2D eigenvalue weighted by Gasteiger charge is 2.31. The first kappa shape index (κ1) is 15.1. The van der Waals surface area contributed by atoms with Gasteiger partial charge in [-0.2, -0.15) is 0 Å². The van der Waals surface area contributed by atoms with Crippen LogP contribution >= 0.6 is 24.0 Å². The van der Waals surface area contributed by atoms with E-state index in [1.807, 2.05) is 37.3 Å². The molecule has 1 aliphatic heterocycles. The van der Waals surface area contributed by atoms with Crippen LogP contribution in [0.3, 0.4) is 0 Å². The molecule has 3 nitrogen and oxygen atoms in total. The van der Waals surface area contributed by atoms with Crippen LogP contribution in [0.4, 0.5) is 0 Å². The molecule has 0 radical (unpaired) electrons. The molecule has 1 aliphatic rings. The lowest BCUT2D eigenvalue weighted by molar-refractivity contribution is -0.122. The number of carbonyl (C=O) groups excluding carboxylic acids is 1. The van der Waals surface area contributed by atoms with Gasteiger partial charge >= 0.3 is 0 Å². The Bertz CT molecular complexity index is 734. The van der Waals surface area contributed by atoms with Crippen molar-refractivity contribution in [2.45, 2.75) is 13.3 Å². The van der Waals surface area contributed by atoms with Crippen LogP contribution in [0.25, 0.3) is 6.08 Å². The molecule has 112 valence electrons. The standard InChI is InChI=1S/C17H15NO2S2/c1-12-7-8-14(20-12)11-15-16(19)18(17(21)22-15)10-9-13-5-3-2-4-6-13/h2-8,11H,9-10H2,1H3/b15-11-. The van der Waals surface area contributed by atoms with Crippen LogP contribution in [0, 0.1) is 6.92 Å². The fourth-order valence-electron chi connectivity index (χ4n) is 2.24. The Balaban J connectivity index is 1.70. The summed E-state index contributed by atoms with van der Waals surface area (Å²) in [6.45, 7) is 2.48. The number of aryl methyl sites for hydroxylation is 1. The van der Waals surface area contributed by atoms with E-state index in [9.17, 15) is 4.79 Å². The van der Waals surface area contributed by atoms with Gasteiger partial charge in [-0.05, 0) is 31.0 Å². The van der Waals surface area contributed by atoms with E-state index in [4.69, 9.17) is 16.6 Å². The van der Waals surface area contributed by atoms with Gasteiger partial charge in [-0.1, -0.05) is 54.3 Å². The van der Waals surface area contributed by atoms with Crippen LogP contribution in [-0.4, -0.2) is 21.7 Å². The highest BCUT2D eigenvalue weighted by Crippen LogP contribution is 2.32. The van der Waals surface area contributed by atoms with Crippen LogP contribution in [-0.2, 0) is 11.2 Å². The van der Waals surface area contributed by atoms with Gasteiger partial charge in [-0.15, -0.1) is 0 Å². The van der Waals surface area contributed by atoms with Crippen molar-refractivity contribution in [2.75, 3.05) is 6.54 Å². The zero-order valence-corrected chi connectivity index (χ0v) is 13.7. The zero-order valence-electron chi connectivity index (χ0n) is 12.1. The quantitative estimate of drug-likeness (QED) is 0.626. The van der Waals surface area contributed by atoms with E-state index in [2.05, 4.69) is 12.1 Å². The molecule has 0 unspecified atom stereocenters. The van der Waals surface area contributed by atoms with Gasteiger partial charge in [0.1, 0.15) is 15.8 Å². The number of hydrogen-bond acceptors (Lipinski definition) is 4. The van der Waals surface area contributed by atoms with Crippen LogP contribution in [0.1, 0.15) is 17.1 Å². The first-order chi connectivity index (χ1) is 10.6. The Hall–Kier alpha value is -1.85. The topological polar surface area (TPSA) is 33.5 Å². The largest absolute Gasteiger partial charge is 0.462 e. The number of furan rings is 1. The molecule has 2 heterocycles. The Morgan fingerprint density at radius 2 is 2.00 bits per heavy atom. The van der Waals surface area contributed by atoms with Crippen LogP contribution in [0.2, 0.25) is 0 Å². The average Bonchev–Trinajstić information content (AvgIpc) is 3.03. The molecule has 0 spiro atoms. The van der Waals surface area contributed by atoms with E-state index >= 15 is 0 Å². The Labute approximate surface area is 139 Å². The number of amides is 1. The van der Waals surface area contributed by atoms with Gasteiger partial charge in [-0.3, -0.25) is 9.69 Å². The number of benzene rings is 1. The third-order valence-electron chi connectivity index (χ3n) is 3.38. The van der Waals surface area contributed by atoms with Crippen molar-refractivity contribution in [2.24, 2.45) is 0 Å². The van der Waals surface area contributed by atoms with E-state index < -0.39 is 0 Å². The third-order valence-corrected chi connectivity index (χ3v) is 4.75. The summed E-state index contributed by atoms with van der Waals surface area (Å²) in [5, 5.41) is 0. The lowest BCUT2D eigenvalue weighted by atomic mass is 10.1. The van der Waals surface area contributed by atoms with E-state index in [1.54, 1.807) is 11.0 Å². The average molecular weight is 329 g/mol. The molecule has 1 aromatic carbocycles. The SMILES string of the molecule is Cc1ccc(/C=C2\SC(=S)N(CCc3ccccc3)C2=O)o1. The summed E-state index contributed by atoms with van der Waals surface area (Å²) in [6, 6.07) is 13.8. The van der Waals surface area contributed by atoms with Crippen LogP contribution in [0.15, 0.2) is 51.8 Å². The van der Waals surface area contributed by atoms with Gasteiger partial charge in [0, 0.05) is 12.6 Å². The molecule has 0 bridgehead atoms. The van der Waals surface area contributed by atoms with Crippen LogP contribution in [0.5, 0.6) is 0 Å². The fourth-order valence-corrected chi connectivity index (χ4v) is 3.53. The van der Waals surface area contributed by atoms with Crippen molar-refractivity contribution < 1.29 is 9.21 Å². The minimum Gasteiger partial charge on any atom is -0.462 e. The van der Waals surface area contributed by atoms with Gasteiger partial charge in [-0.25, -0.2) is 0 Å². The molecule has 0 N–H and O–H groups in total. The number of carbonyl (C=O) groups is 1. The maximum absolute atomic E-state index is 12.5. The van der Waals surface area contributed by atoms with E-state index in [1.165, 1.54) is 17.3 Å². The molecular weight excluding hydrogens is 314 g/mol. The molecule has 3 rings (SSSR count). The van der Waals surface area contributed by atoms with Gasteiger partial charge in [0.05, 0.1) is 4.91 Å². The second kappa shape index (κ2) is 6.50. The highest BCUT2D eigenvalue weighted by molar-refractivity contribution is 8.26. The Morgan fingerprint density at radius 3 is 2.68 bits per heavy atom. The lowest BCUT2D eigenvalue weighted by Crippen LogP contribution is -2.30. The molecule has 1 amide bonds. The monoisotopic (exact) mass is 329 g/mol. The van der Waals surface area contributed by atoms with Gasteiger partial charge < -0.3 is 4.42 Å². The zero-order chi connectivity index (χ0) is 15.5. The molecule has 0 aliphatic carbocycles. The van der Waals surface area contributed by atoms with Crippen molar-refractivity contribution in [1.29, 1.82) is 0 Å². The molecule has 5 heteroatoms. The number of nitrogens with zero attached hydrogens (tertiary/aromatic N) is 1. The molecule has 22 heavy (non-hydrogen) atoms. The van der Waals surface area contributed by atoms with Gasteiger partial charge in [0.2, 0.25) is 0 Å². The molecule has 1 fully saturated rings. The number of hydrogen-bond donors (Lipinski definition) is 0. The molecule has 1 saturated heterocycles. The first-order valence-electron chi connectivity index (χ1n) is 6.99. The normalized spacial score (nSPS) is 16.8. The molecule has 1 aromatic heterocycles. The second-order valence-electron chi connectivity index (χ2n) is 5.02. The predicted molar refractivity (Wildman–Crippen MR) is 93.5 cm³/mol. The van der Waals surface area contributed by atoms with Crippen molar-refractivity contribution >= 4 is 40.3 Å². The summed E-state index contributed by atoms with van der Waals surface area (Å²) in [5.41, 5.74) is 1.20. The van der Waals surface area contributed by atoms with Crippen molar-refractivity contribution in [3.8, 4) is 0 Å². The summed E-state index contributed by atoms with van der Waals surface area (Å²) in [4.78, 5) is 14.7. The third kappa shape index (κ3) is 3.31. The number of thiocarbonyl (C=S) groups is 1. The predicted octanol–water partition coefficient (Wildman–Crippen LogP) is 4.03. The van der Waals surface area contributed by atoms with Crippen molar-refractivity contribution in [3.63, 3.8) is 0 Å². The minimum absolute atomic E-state index is 0.0417. The maximum atomic E-state index is 12.5. The van der Waals surface area contributed by atoms with Gasteiger partial charge in [0.15, 0.2) is 0 Å². The molecule has 2 aromatic rings. The Morgan fingerprint density at radius 1 is 1.23 bits per heavy atom. The molecule has 0 atom stereocenters. The van der Waals surface area contributed by atoms with E-state index in [0.717, 1.165) is 12.2 Å². The second-order valence-corrected chi connectivity index (χ2v) is 6.69. The maximum Gasteiger partial charge on any atom is 0.266 e.